The average Bonchev–Trinajstić information content (AvgIpc) is 2.52. The van der Waals surface area contributed by atoms with Gasteiger partial charge < -0.3 is 0 Å². The lowest BCUT2D eigenvalue weighted by molar-refractivity contribution is 0.544. The van der Waals surface area contributed by atoms with Crippen LogP contribution in [0, 0.1) is 34.5 Å². The standard InChI is InChI=1S/C26H40/c1-9-11-17-23(19-13-15-21-25(3,4)5)24(18-12-10-2)20-14-16-22-26(6,7)8/h15-16,21-22H,9-12,17-18H2,1-8H3/b21-15+,22-16+,24-23+. The van der Waals surface area contributed by atoms with Gasteiger partial charge in [-0.3, -0.25) is 0 Å². The summed E-state index contributed by atoms with van der Waals surface area (Å²) in [7, 11) is 0. The molecular weight excluding hydrogens is 312 g/mol. The number of hydrogen-bond acceptors (Lipinski definition) is 0. The predicted octanol–water partition coefficient (Wildman–Crippen LogP) is 7.87. The first-order valence-corrected chi connectivity index (χ1v) is 10.2. The van der Waals surface area contributed by atoms with E-state index in [1.165, 1.54) is 36.8 Å². The highest BCUT2D eigenvalue weighted by Crippen LogP contribution is 2.18. The molecule has 0 aliphatic heterocycles. The van der Waals surface area contributed by atoms with Crippen LogP contribution >= 0.6 is 0 Å². The highest BCUT2D eigenvalue weighted by molar-refractivity contribution is 5.45. The largest absolute Gasteiger partial charge is 0.0708 e. The second-order valence-electron chi connectivity index (χ2n) is 9.10. The van der Waals surface area contributed by atoms with Gasteiger partial charge in [-0.1, -0.05) is 104 Å². The maximum absolute atomic E-state index is 3.41. The molecule has 0 atom stereocenters. The quantitative estimate of drug-likeness (QED) is 0.426. The molecule has 0 aromatic carbocycles. The van der Waals surface area contributed by atoms with Gasteiger partial charge in [0.25, 0.3) is 0 Å². The van der Waals surface area contributed by atoms with Crippen molar-refractivity contribution in [3.8, 4) is 23.7 Å². The Kier molecular flexibility index (Phi) is 11.8. The summed E-state index contributed by atoms with van der Waals surface area (Å²) in [5.74, 6) is 13.3. The summed E-state index contributed by atoms with van der Waals surface area (Å²) in [4.78, 5) is 0. The molecule has 0 heterocycles. The fourth-order valence-corrected chi connectivity index (χ4v) is 2.13. The third kappa shape index (κ3) is 14.7. The smallest absolute Gasteiger partial charge is 0.0139 e. The van der Waals surface area contributed by atoms with Gasteiger partial charge in [0.15, 0.2) is 0 Å². The van der Waals surface area contributed by atoms with E-state index in [4.69, 9.17) is 0 Å². The summed E-state index contributed by atoms with van der Waals surface area (Å²) in [6, 6.07) is 0. The van der Waals surface area contributed by atoms with Gasteiger partial charge in [0.1, 0.15) is 0 Å². The third-order valence-corrected chi connectivity index (χ3v) is 3.70. The lowest BCUT2D eigenvalue weighted by Gasteiger charge is -2.09. The molecule has 0 heteroatoms. The molecule has 26 heavy (non-hydrogen) atoms. The summed E-state index contributed by atoms with van der Waals surface area (Å²) in [6.45, 7) is 17.6. The fraction of sp³-hybridized carbons (Fsp3) is 0.615. The molecule has 0 amide bonds. The highest BCUT2D eigenvalue weighted by atomic mass is 14.1. The predicted molar refractivity (Wildman–Crippen MR) is 119 cm³/mol. The van der Waals surface area contributed by atoms with Crippen LogP contribution in [0.25, 0.3) is 0 Å². The minimum atomic E-state index is 0.171. The number of allylic oxidation sites excluding steroid dienone is 6. The molecule has 0 saturated carbocycles. The van der Waals surface area contributed by atoms with Gasteiger partial charge in [-0.25, -0.2) is 0 Å². The summed E-state index contributed by atoms with van der Waals surface area (Å²) < 4.78 is 0. The summed E-state index contributed by atoms with van der Waals surface area (Å²) in [5, 5.41) is 0. The molecule has 0 unspecified atom stereocenters. The Morgan fingerprint density at radius 3 is 1.27 bits per heavy atom. The Morgan fingerprint density at radius 2 is 1.00 bits per heavy atom. The van der Waals surface area contributed by atoms with Crippen molar-refractivity contribution in [2.75, 3.05) is 0 Å². The van der Waals surface area contributed by atoms with Crippen molar-refractivity contribution in [1.29, 1.82) is 0 Å². The van der Waals surface area contributed by atoms with Gasteiger partial charge in [0.05, 0.1) is 0 Å². The van der Waals surface area contributed by atoms with E-state index in [9.17, 15) is 0 Å². The zero-order valence-electron chi connectivity index (χ0n) is 18.6. The van der Waals surface area contributed by atoms with Crippen molar-refractivity contribution in [2.45, 2.75) is 93.9 Å². The van der Waals surface area contributed by atoms with E-state index < -0.39 is 0 Å². The molecule has 144 valence electrons. The topological polar surface area (TPSA) is 0 Å². The molecule has 0 bridgehead atoms. The highest BCUT2D eigenvalue weighted by Gasteiger charge is 2.04. The van der Waals surface area contributed by atoms with Gasteiger partial charge in [-0.2, -0.15) is 0 Å². The van der Waals surface area contributed by atoms with Crippen molar-refractivity contribution in [1.82, 2.24) is 0 Å². The molecule has 0 aliphatic carbocycles. The molecule has 0 fully saturated rings. The summed E-state index contributed by atoms with van der Waals surface area (Å²) in [6.07, 6.45) is 15.1. The second kappa shape index (κ2) is 12.7. The Morgan fingerprint density at radius 1 is 0.654 bits per heavy atom. The van der Waals surface area contributed by atoms with Crippen LogP contribution in [-0.2, 0) is 0 Å². The molecule has 0 rings (SSSR count). The van der Waals surface area contributed by atoms with Crippen molar-refractivity contribution < 1.29 is 0 Å². The first-order valence-electron chi connectivity index (χ1n) is 10.2. The molecule has 0 N–H and O–H groups in total. The Bertz CT molecular complexity index is 545. The Hall–Kier alpha value is -1.66. The minimum Gasteiger partial charge on any atom is -0.0708 e. The summed E-state index contributed by atoms with van der Waals surface area (Å²) in [5.41, 5.74) is 2.81. The van der Waals surface area contributed by atoms with Crippen molar-refractivity contribution >= 4 is 0 Å². The lowest BCUT2D eigenvalue weighted by atomic mass is 9.95. The van der Waals surface area contributed by atoms with Gasteiger partial charge in [0.2, 0.25) is 0 Å². The van der Waals surface area contributed by atoms with Crippen LogP contribution < -0.4 is 0 Å². The maximum atomic E-state index is 3.41. The van der Waals surface area contributed by atoms with Crippen molar-refractivity contribution in [3.63, 3.8) is 0 Å². The van der Waals surface area contributed by atoms with Crippen LogP contribution in [0.4, 0.5) is 0 Å². The van der Waals surface area contributed by atoms with Crippen LogP contribution in [0.5, 0.6) is 0 Å². The van der Waals surface area contributed by atoms with E-state index in [2.05, 4.69) is 91.2 Å². The average molecular weight is 353 g/mol. The number of rotatable bonds is 6. The van der Waals surface area contributed by atoms with Crippen LogP contribution in [0.15, 0.2) is 35.5 Å². The first kappa shape index (κ1) is 24.3. The second-order valence-corrected chi connectivity index (χ2v) is 9.10. The lowest BCUT2D eigenvalue weighted by Crippen LogP contribution is -1.97. The molecule has 0 aromatic rings. The fourth-order valence-electron chi connectivity index (χ4n) is 2.13. The van der Waals surface area contributed by atoms with E-state index >= 15 is 0 Å². The zero-order chi connectivity index (χ0) is 20.1. The molecule has 0 saturated heterocycles. The molecule has 0 radical (unpaired) electrons. The van der Waals surface area contributed by atoms with E-state index in [1.807, 2.05) is 12.2 Å². The Balaban J connectivity index is 5.67. The Labute approximate surface area is 164 Å². The van der Waals surface area contributed by atoms with Crippen LogP contribution in [-0.4, -0.2) is 0 Å². The van der Waals surface area contributed by atoms with E-state index in [0.29, 0.717) is 0 Å². The van der Waals surface area contributed by atoms with E-state index in [0.717, 1.165) is 12.8 Å². The number of unbranched alkanes of at least 4 members (excludes halogenated alkanes) is 2. The van der Waals surface area contributed by atoms with Crippen LogP contribution in [0.2, 0.25) is 0 Å². The summed E-state index contributed by atoms with van der Waals surface area (Å²) >= 11 is 0. The molecule has 0 aliphatic rings. The van der Waals surface area contributed by atoms with E-state index in [1.54, 1.807) is 0 Å². The van der Waals surface area contributed by atoms with Gasteiger partial charge >= 0.3 is 0 Å². The minimum absolute atomic E-state index is 0.171. The number of hydrogen-bond donors (Lipinski definition) is 0. The third-order valence-electron chi connectivity index (χ3n) is 3.70. The van der Waals surface area contributed by atoms with Crippen LogP contribution in [0.3, 0.4) is 0 Å². The molecular formula is C26H40. The van der Waals surface area contributed by atoms with Gasteiger partial charge in [-0.05, 0) is 48.7 Å². The zero-order valence-corrected chi connectivity index (χ0v) is 18.6. The maximum Gasteiger partial charge on any atom is 0.0139 e. The van der Waals surface area contributed by atoms with Crippen molar-refractivity contribution in [2.24, 2.45) is 10.8 Å². The normalized spacial score (nSPS) is 13.2. The van der Waals surface area contributed by atoms with E-state index in [-0.39, 0.29) is 10.8 Å². The molecule has 0 nitrogen and oxygen atoms in total. The van der Waals surface area contributed by atoms with Gasteiger partial charge in [0, 0.05) is 11.1 Å². The SMILES string of the molecule is CCCC/C(C#C/C=C/C(C)(C)C)=C(\C#C/C=C/C(C)(C)C)CCCC. The van der Waals surface area contributed by atoms with Crippen LogP contribution in [0.1, 0.15) is 93.9 Å². The van der Waals surface area contributed by atoms with Gasteiger partial charge in [-0.15, -0.1) is 0 Å². The first-order chi connectivity index (χ1) is 12.1. The molecule has 0 aromatic heterocycles. The molecule has 0 spiro atoms. The van der Waals surface area contributed by atoms with Crippen molar-refractivity contribution in [3.05, 3.63) is 35.5 Å². The monoisotopic (exact) mass is 352 g/mol.